The highest BCUT2D eigenvalue weighted by Crippen LogP contribution is 2.34. The zero-order valence-corrected chi connectivity index (χ0v) is 17.6. The highest BCUT2D eigenvalue weighted by molar-refractivity contribution is 6.76. The van der Waals surface area contributed by atoms with Gasteiger partial charge in [0.2, 0.25) is 0 Å². The summed E-state index contributed by atoms with van der Waals surface area (Å²) in [6.45, 7) is 7.89. The van der Waals surface area contributed by atoms with Crippen molar-refractivity contribution in [3.05, 3.63) is 40.5 Å². The fourth-order valence-electron chi connectivity index (χ4n) is 2.03. The Labute approximate surface area is 163 Å². The topological polar surface area (TPSA) is 68.7 Å². The number of carbonyl (C=O) groups is 1. The minimum Gasteiger partial charge on any atom is -0.504 e. The molecule has 0 saturated carbocycles. The summed E-state index contributed by atoms with van der Waals surface area (Å²) in [5.74, 6) is -0.408. The average molecular weight is 414 g/mol. The van der Waals surface area contributed by atoms with Crippen molar-refractivity contribution in [2.45, 2.75) is 32.7 Å². The van der Waals surface area contributed by atoms with Crippen molar-refractivity contribution in [2.75, 3.05) is 6.23 Å². The maximum Gasteiger partial charge on any atom is 0.346 e. The molecule has 1 aromatic carbocycles. The van der Waals surface area contributed by atoms with Gasteiger partial charge in [-0.25, -0.2) is 4.79 Å². The van der Waals surface area contributed by atoms with Crippen LogP contribution in [-0.2, 0) is 9.53 Å². The first-order valence-corrected chi connectivity index (χ1v) is 12.5. The summed E-state index contributed by atoms with van der Waals surface area (Å²) in [4.78, 5) is 16.2. The summed E-state index contributed by atoms with van der Waals surface area (Å²) >= 11 is 12.0. The Morgan fingerprint density at radius 3 is 2.54 bits per heavy atom. The van der Waals surface area contributed by atoms with Crippen molar-refractivity contribution in [3.8, 4) is 22.8 Å². The van der Waals surface area contributed by atoms with E-state index in [9.17, 15) is 9.90 Å². The number of pyridine rings is 1. The van der Waals surface area contributed by atoms with Crippen molar-refractivity contribution in [1.82, 2.24) is 4.98 Å². The van der Waals surface area contributed by atoms with Crippen LogP contribution in [-0.4, -0.2) is 36.5 Å². The Kier molecular flexibility index (Phi) is 6.55. The maximum atomic E-state index is 12.0. The number of benzene rings is 1. The van der Waals surface area contributed by atoms with E-state index >= 15 is 0 Å². The van der Waals surface area contributed by atoms with Crippen LogP contribution in [0.15, 0.2) is 30.5 Å². The fraction of sp³-hybridized carbons (Fsp3) is 0.333. The van der Waals surface area contributed by atoms with Gasteiger partial charge in [-0.2, -0.15) is 0 Å². The standard InChI is InChI=1S/C18H21Cl2NO4Si/c1-11(18(23)24-10-26(2,3)4)25-16-6-5-12(7-15(16)22)17-14(20)8-13(19)9-21-17/h5-9,11,22H,10H2,1-4H3/t11-/m1/s1. The largest absolute Gasteiger partial charge is 0.504 e. The molecule has 140 valence electrons. The van der Waals surface area contributed by atoms with Crippen LogP contribution in [0.5, 0.6) is 11.5 Å². The quantitative estimate of drug-likeness (QED) is 0.535. The lowest BCUT2D eigenvalue weighted by atomic mass is 10.1. The van der Waals surface area contributed by atoms with Gasteiger partial charge in [-0.3, -0.25) is 4.98 Å². The van der Waals surface area contributed by atoms with Gasteiger partial charge in [0.25, 0.3) is 0 Å². The third kappa shape index (κ3) is 5.62. The number of phenolic OH excluding ortho intramolecular Hbond substituents is 1. The van der Waals surface area contributed by atoms with Crippen LogP contribution in [0.2, 0.25) is 29.7 Å². The molecule has 0 aliphatic heterocycles. The van der Waals surface area contributed by atoms with Crippen LogP contribution >= 0.6 is 23.2 Å². The molecule has 0 unspecified atom stereocenters. The molecule has 0 saturated heterocycles. The van der Waals surface area contributed by atoms with E-state index < -0.39 is 20.1 Å². The average Bonchev–Trinajstić information content (AvgIpc) is 2.53. The van der Waals surface area contributed by atoms with Gasteiger partial charge in [0.1, 0.15) is 0 Å². The number of aromatic nitrogens is 1. The normalized spacial score (nSPS) is 12.5. The molecular weight excluding hydrogens is 393 g/mol. The van der Waals surface area contributed by atoms with Crippen molar-refractivity contribution in [3.63, 3.8) is 0 Å². The fourth-order valence-corrected chi connectivity index (χ4v) is 3.10. The molecule has 2 aromatic rings. The Bertz CT molecular complexity index is 808. The Balaban J connectivity index is 2.11. The molecule has 1 N–H and O–H groups in total. The molecule has 1 atom stereocenters. The first-order chi connectivity index (χ1) is 12.1. The number of phenols is 1. The SMILES string of the molecule is C[C@@H](Oc1ccc(-c2ncc(Cl)cc2Cl)cc1O)C(=O)OC[Si](C)(C)C. The minimum absolute atomic E-state index is 0.125. The number of halogens is 2. The highest BCUT2D eigenvalue weighted by Gasteiger charge is 2.22. The second-order valence-electron chi connectivity index (χ2n) is 7.09. The number of carbonyl (C=O) groups excluding carboxylic acids is 1. The summed E-state index contributed by atoms with van der Waals surface area (Å²) in [5.41, 5.74) is 1.09. The second kappa shape index (κ2) is 8.29. The lowest BCUT2D eigenvalue weighted by Gasteiger charge is -2.19. The van der Waals surface area contributed by atoms with Crippen molar-refractivity contribution in [2.24, 2.45) is 0 Å². The zero-order valence-electron chi connectivity index (χ0n) is 15.0. The number of ether oxygens (including phenoxy) is 2. The summed E-state index contributed by atoms with van der Waals surface area (Å²) in [6, 6.07) is 6.29. The summed E-state index contributed by atoms with van der Waals surface area (Å²) in [7, 11) is -1.50. The molecule has 0 amide bonds. The molecule has 0 aliphatic carbocycles. The number of esters is 1. The van der Waals surface area contributed by atoms with E-state index in [1.807, 2.05) is 0 Å². The monoisotopic (exact) mass is 413 g/mol. The van der Waals surface area contributed by atoms with Gasteiger partial charge in [-0.1, -0.05) is 42.8 Å². The number of nitrogens with zero attached hydrogens (tertiary/aromatic N) is 1. The van der Waals surface area contributed by atoms with Gasteiger partial charge in [-0.05, 0) is 31.2 Å². The van der Waals surface area contributed by atoms with Crippen LogP contribution in [0.25, 0.3) is 11.3 Å². The number of aromatic hydroxyl groups is 1. The van der Waals surface area contributed by atoms with Gasteiger partial charge in [0.15, 0.2) is 17.6 Å². The smallest absolute Gasteiger partial charge is 0.346 e. The lowest BCUT2D eigenvalue weighted by Crippen LogP contribution is -2.34. The van der Waals surface area contributed by atoms with E-state index in [1.54, 1.807) is 25.1 Å². The number of rotatable bonds is 6. The first-order valence-electron chi connectivity index (χ1n) is 8.04. The molecule has 26 heavy (non-hydrogen) atoms. The third-order valence-corrected chi connectivity index (χ3v) is 4.83. The van der Waals surface area contributed by atoms with Crippen molar-refractivity contribution < 1.29 is 19.4 Å². The first kappa shape index (κ1) is 20.5. The van der Waals surface area contributed by atoms with E-state index in [1.165, 1.54) is 12.3 Å². The summed E-state index contributed by atoms with van der Waals surface area (Å²) < 4.78 is 10.8. The predicted octanol–water partition coefficient (Wildman–Crippen LogP) is 4.95. The van der Waals surface area contributed by atoms with Gasteiger partial charge >= 0.3 is 5.97 Å². The molecule has 0 radical (unpaired) electrons. The molecule has 1 aromatic heterocycles. The van der Waals surface area contributed by atoms with E-state index in [0.717, 1.165) is 0 Å². The van der Waals surface area contributed by atoms with Gasteiger partial charge in [-0.15, -0.1) is 0 Å². The molecule has 0 aliphatic rings. The molecule has 0 spiro atoms. The molecular formula is C18H21Cl2NO4Si. The van der Waals surface area contributed by atoms with Gasteiger partial charge in [0, 0.05) is 11.8 Å². The van der Waals surface area contributed by atoms with E-state index in [2.05, 4.69) is 24.6 Å². The molecule has 2 rings (SSSR count). The van der Waals surface area contributed by atoms with Crippen LogP contribution in [0, 0.1) is 0 Å². The lowest BCUT2D eigenvalue weighted by molar-refractivity contribution is -0.149. The second-order valence-corrected chi connectivity index (χ2v) is 13.3. The van der Waals surface area contributed by atoms with E-state index in [-0.39, 0.29) is 11.5 Å². The van der Waals surface area contributed by atoms with Crippen LogP contribution in [0.4, 0.5) is 0 Å². The number of hydrogen-bond donors (Lipinski definition) is 1. The minimum atomic E-state index is -1.50. The maximum absolute atomic E-state index is 12.0. The molecule has 0 fully saturated rings. The number of hydrogen-bond acceptors (Lipinski definition) is 5. The Morgan fingerprint density at radius 1 is 1.27 bits per heavy atom. The van der Waals surface area contributed by atoms with Crippen LogP contribution in [0.1, 0.15) is 6.92 Å². The zero-order chi connectivity index (χ0) is 19.5. The predicted molar refractivity (Wildman–Crippen MR) is 106 cm³/mol. The third-order valence-electron chi connectivity index (χ3n) is 3.32. The molecule has 5 nitrogen and oxygen atoms in total. The van der Waals surface area contributed by atoms with Gasteiger partial charge < -0.3 is 14.6 Å². The summed E-state index contributed by atoms with van der Waals surface area (Å²) in [5, 5.41) is 11.0. The molecule has 8 heteroatoms. The molecule has 1 heterocycles. The van der Waals surface area contributed by atoms with Crippen molar-refractivity contribution in [1.29, 1.82) is 0 Å². The van der Waals surface area contributed by atoms with E-state index in [0.29, 0.717) is 27.5 Å². The Hall–Kier alpha value is -1.76. The highest BCUT2D eigenvalue weighted by atomic mass is 35.5. The van der Waals surface area contributed by atoms with E-state index in [4.69, 9.17) is 32.7 Å². The Morgan fingerprint density at radius 2 is 1.96 bits per heavy atom. The van der Waals surface area contributed by atoms with Crippen LogP contribution < -0.4 is 4.74 Å². The van der Waals surface area contributed by atoms with Crippen LogP contribution in [0.3, 0.4) is 0 Å². The van der Waals surface area contributed by atoms with Crippen molar-refractivity contribution >= 4 is 37.2 Å². The van der Waals surface area contributed by atoms with Gasteiger partial charge in [0.05, 0.1) is 30.0 Å². The summed E-state index contributed by atoms with van der Waals surface area (Å²) in [6.07, 6.45) is 1.06. The molecule has 0 bridgehead atoms.